The van der Waals surface area contributed by atoms with Gasteiger partial charge in [-0.3, -0.25) is 14.4 Å². The number of carbonyl (C=O) groups excluding carboxylic acids is 3. The molecule has 0 radical (unpaired) electrons. The number of pyridine rings is 2. The number of fused-ring (bicyclic) bond motifs is 2. The Morgan fingerprint density at radius 3 is 1.69 bits per heavy atom. The van der Waals surface area contributed by atoms with Gasteiger partial charge in [0.25, 0.3) is 11.8 Å². The molecule has 11 rings (SSSR count). The second-order valence-corrected chi connectivity index (χ2v) is 19.7. The quantitative estimate of drug-likeness (QED) is 0.0901. The van der Waals surface area contributed by atoms with Gasteiger partial charge in [0.1, 0.15) is 35.6 Å². The van der Waals surface area contributed by atoms with Gasteiger partial charge in [0, 0.05) is 93.1 Å². The number of amides is 2. The number of hydrogen-bond donors (Lipinski definition) is 3. The molecule has 3 fully saturated rings. The van der Waals surface area contributed by atoms with Crippen molar-refractivity contribution in [3.05, 3.63) is 156 Å². The Bertz CT molecular complexity index is 3390. The molecule has 18 heteroatoms. The molecule has 18 nitrogen and oxygen atoms in total. The number of nitrogens with one attached hydrogen (secondary N) is 3. The van der Waals surface area contributed by atoms with Crippen molar-refractivity contribution >= 4 is 40.8 Å². The number of aryl methyl sites for hydroxylation is 2. The second kappa shape index (κ2) is 18.9. The van der Waals surface area contributed by atoms with Crippen LogP contribution < -0.4 is 16.0 Å². The van der Waals surface area contributed by atoms with Gasteiger partial charge in [-0.25, -0.2) is 9.97 Å². The lowest BCUT2D eigenvalue weighted by Gasteiger charge is -2.46. The number of anilines is 2. The molecule has 0 aliphatic heterocycles. The molecule has 2 amide bonds. The van der Waals surface area contributed by atoms with Gasteiger partial charge in [0.15, 0.2) is 6.29 Å². The molecule has 8 aromatic rings. The van der Waals surface area contributed by atoms with Gasteiger partial charge < -0.3 is 33.9 Å². The summed E-state index contributed by atoms with van der Waals surface area (Å²) in [4.78, 5) is 46.7. The van der Waals surface area contributed by atoms with E-state index in [1.807, 2.05) is 88.6 Å². The normalized spacial score (nSPS) is 20.8. The maximum atomic E-state index is 13.6. The van der Waals surface area contributed by atoms with E-state index in [1.165, 1.54) is 25.3 Å². The first-order chi connectivity index (χ1) is 34.4. The molecule has 3 aliphatic rings. The molecule has 6 aromatic heterocycles. The number of nitrogens with zero attached hydrogens (tertiary/aromatic N) is 12. The first-order valence-electron chi connectivity index (χ1n) is 23.8. The zero-order valence-corrected chi connectivity index (χ0v) is 39.8. The summed E-state index contributed by atoms with van der Waals surface area (Å²) in [5, 5.41) is 45.0. The smallest absolute Gasteiger partial charge is 0.259 e. The molecule has 2 aromatic carbocycles. The zero-order valence-electron chi connectivity index (χ0n) is 39.8. The fraction of sp³-hybridized carbons (Fsp3) is 0.340. The Kier molecular flexibility index (Phi) is 12.3. The Morgan fingerprint density at radius 1 is 0.732 bits per heavy atom. The molecule has 0 unspecified atom stereocenters. The van der Waals surface area contributed by atoms with Crippen molar-refractivity contribution in [3.8, 4) is 12.1 Å². The lowest BCUT2D eigenvalue weighted by molar-refractivity contribution is 0.101. The summed E-state index contributed by atoms with van der Waals surface area (Å²) in [6.45, 7) is 2.95. The molecule has 3 saturated carbocycles. The number of carbonyl (C=O) groups is 3. The van der Waals surface area contributed by atoms with Crippen molar-refractivity contribution in [3.63, 3.8) is 0 Å². The molecule has 358 valence electrons. The van der Waals surface area contributed by atoms with Crippen LogP contribution in [0, 0.1) is 34.5 Å². The van der Waals surface area contributed by atoms with Crippen LogP contribution in [0.2, 0.25) is 0 Å². The predicted octanol–water partition coefficient (Wildman–Crippen LogP) is 7.49. The number of aldehydes is 1. The summed E-state index contributed by atoms with van der Waals surface area (Å²) in [6.07, 6.45) is 22.5. The topological polar surface area (TPSA) is 231 Å². The van der Waals surface area contributed by atoms with Crippen LogP contribution in [0.25, 0.3) is 11.3 Å². The van der Waals surface area contributed by atoms with Gasteiger partial charge >= 0.3 is 0 Å². The molecular weight excluding hydrogens is 895 g/mol. The summed E-state index contributed by atoms with van der Waals surface area (Å²) in [5.74, 6) is 1.80. The van der Waals surface area contributed by atoms with E-state index in [9.17, 15) is 19.6 Å². The van der Waals surface area contributed by atoms with Crippen molar-refractivity contribution in [1.82, 2.24) is 53.6 Å². The molecule has 0 saturated heterocycles. The van der Waals surface area contributed by atoms with Crippen LogP contribution in [0.3, 0.4) is 0 Å². The maximum absolute atomic E-state index is 13.6. The van der Waals surface area contributed by atoms with E-state index in [4.69, 9.17) is 5.26 Å². The minimum absolute atomic E-state index is 0.180. The molecule has 0 atom stereocenters. The van der Waals surface area contributed by atoms with Gasteiger partial charge in [0.05, 0.1) is 34.1 Å². The highest BCUT2D eigenvalue weighted by Crippen LogP contribution is 2.54. The Labute approximate surface area is 409 Å². The minimum atomic E-state index is -0.360. The van der Waals surface area contributed by atoms with Crippen LogP contribution in [0.4, 0.5) is 11.4 Å². The van der Waals surface area contributed by atoms with E-state index in [-0.39, 0.29) is 28.2 Å². The van der Waals surface area contributed by atoms with Crippen molar-refractivity contribution in [2.45, 2.75) is 87.6 Å². The van der Waals surface area contributed by atoms with E-state index in [0.29, 0.717) is 76.9 Å². The fourth-order valence-electron chi connectivity index (χ4n) is 11.0. The maximum Gasteiger partial charge on any atom is 0.259 e. The van der Waals surface area contributed by atoms with E-state index < -0.39 is 0 Å². The Hall–Kier alpha value is -8.35. The van der Waals surface area contributed by atoms with Crippen LogP contribution >= 0.6 is 0 Å². The van der Waals surface area contributed by atoms with Crippen LogP contribution in [0.15, 0.2) is 110 Å². The van der Waals surface area contributed by atoms with Gasteiger partial charge in [-0.1, -0.05) is 24.3 Å². The third kappa shape index (κ3) is 8.83. The number of imidazole rings is 2. The van der Waals surface area contributed by atoms with Crippen LogP contribution in [-0.2, 0) is 31.5 Å². The summed E-state index contributed by atoms with van der Waals surface area (Å²) in [6, 6.07) is 23.7. The van der Waals surface area contributed by atoms with Crippen molar-refractivity contribution in [2.24, 2.45) is 25.9 Å². The number of aromatic nitrogens is 10. The molecule has 3 N–H and O–H groups in total. The number of hydrogen-bond acceptors (Lipinski definition) is 12. The van der Waals surface area contributed by atoms with Crippen molar-refractivity contribution in [2.75, 3.05) is 10.6 Å². The average molecular weight is 948 g/mol. The lowest BCUT2D eigenvalue weighted by atomic mass is 9.57. The first-order valence-corrected chi connectivity index (χ1v) is 23.8. The SMILES string of the molecule is Cn1cnnc1C1(c2cccc(NC(=O)c3cc(C=O)cn4ccnc34)c2)CC(CC#N)C1.Cn1cnnc1C1(c2cccc(NC(=O)c3cc(CNC4(C)CCC4)cn4ccnc34)c2)CC(CC#N)C1. The number of nitriles is 2. The zero-order chi connectivity index (χ0) is 49.3. The number of rotatable bonds is 14. The van der Waals surface area contributed by atoms with Crippen molar-refractivity contribution < 1.29 is 14.4 Å². The van der Waals surface area contributed by atoms with Gasteiger partial charge in [0.2, 0.25) is 0 Å². The summed E-state index contributed by atoms with van der Waals surface area (Å²) >= 11 is 0. The highest BCUT2D eigenvalue weighted by molar-refractivity contribution is 6.09. The van der Waals surface area contributed by atoms with E-state index >= 15 is 0 Å². The van der Waals surface area contributed by atoms with Gasteiger partial charge in [-0.2, -0.15) is 10.5 Å². The second-order valence-electron chi connectivity index (χ2n) is 19.7. The standard InChI is InChI=1S/C29H32N8O.C24H21N7O2/c1-28(8-4-9-28)32-17-21-13-24(25-31-11-12-37(25)18-21)26(38)34-23-6-3-5-22(14-23)29(15-20(16-29)7-10-30)27-35-33-19-36(27)2;1-30-15-27-29-23(30)24(11-16(12-24)5-6-25)18-3-2-4-19(10-18)28-22(33)20-9-17(14-32)13-31-8-7-26-21(20)31/h3,5-6,11-14,18-20,32H,4,7-9,15-17H2,1-2H3,(H,34,38);2-4,7-10,13-16H,5,11-12H2,1H3,(H,28,33). The van der Waals surface area contributed by atoms with Crippen LogP contribution in [0.1, 0.15) is 124 Å². The summed E-state index contributed by atoms with van der Waals surface area (Å²) < 4.78 is 7.43. The third-order valence-corrected chi connectivity index (χ3v) is 14.8. The Balaban J connectivity index is 0.000000166. The first kappa shape index (κ1) is 46.4. The Morgan fingerprint density at radius 2 is 1.24 bits per heavy atom. The average Bonchev–Trinajstić information content (AvgIpc) is 4.19. The monoisotopic (exact) mass is 947 g/mol. The van der Waals surface area contributed by atoms with E-state index in [1.54, 1.807) is 41.8 Å². The largest absolute Gasteiger partial charge is 0.322 e. The summed E-state index contributed by atoms with van der Waals surface area (Å²) in [7, 11) is 3.86. The van der Waals surface area contributed by atoms with Gasteiger partial charge in [-0.05, 0) is 117 Å². The predicted molar refractivity (Wildman–Crippen MR) is 263 cm³/mol. The molecule has 71 heavy (non-hydrogen) atoms. The van der Waals surface area contributed by atoms with E-state index in [0.717, 1.165) is 54.0 Å². The highest BCUT2D eigenvalue weighted by Gasteiger charge is 2.51. The fourth-order valence-corrected chi connectivity index (χ4v) is 11.0. The molecule has 0 bridgehead atoms. The minimum Gasteiger partial charge on any atom is -0.322 e. The van der Waals surface area contributed by atoms with Crippen molar-refractivity contribution in [1.29, 1.82) is 10.5 Å². The summed E-state index contributed by atoms with van der Waals surface area (Å²) in [5.41, 5.74) is 6.31. The third-order valence-electron chi connectivity index (χ3n) is 14.8. The van der Waals surface area contributed by atoms with E-state index in [2.05, 4.69) is 71.4 Å². The molecule has 0 spiro atoms. The van der Waals surface area contributed by atoms with Crippen LogP contribution in [0.5, 0.6) is 0 Å². The molecular formula is C53H53N15O3. The van der Waals surface area contributed by atoms with Crippen LogP contribution in [-0.4, -0.2) is 71.9 Å². The molecule has 6 heterocycles. The molecule has 3 aliphatic carbocycles. The lowest BCUT2D eigenvalue weighted by Crippen LogP contribution is -2.47. The number of benzene rings is 2. The highest BCUT2D eigenvalue weighted by atomic mass is 16.2. The van der Waals surface area contributed by atoms with Gasteiger partial charge in [-0.15, -0.1) is 20.4 Å².